The predicted molar refractivity (Wildman–Crippen MR) is 132 cm³/mol. The molecule has 3 heterocycles. The molecule has 3 aliphatic rings. The molecule has 2 N–H and O–H groups in total. The molecule has 2 saturated heterocycles. The second kappa shape index (κ2) is 8.30. The van der Waals surface area contributed by atoms with Gasteiger partial charge in [0.1, 0.15) is 0 Å². The van der Waals surface area contributed by atoms with E-state index in [2.05, 4.69) is 0 Å². The molecule has 34 heavy (non-hydrogen) atoms. The zero-order valence-corrected chi connectivity index (χ0v) is 20.9. The van der Waals surface area contributed by atoms with E-state index in [0.29, 0.717) is 19.4 Å². The Kier molecular flexibility index (Phi) is 5.67. The van der Waals surface area contributed by atoms with Gasteiger partial charge in [0.15, 0.2) is 13.9 Å². The summed E-state index contributed by atoms with van der Waals surface area (Å²) < 4.78 is 6.58. The van der Waals surface area contributed by atoms with E-state index in [1.807, 2.05) is 68.5 Å². The Hall–Kier alpha value is -2.52. The van der Waals surface area contributed by atoms with Gasteiger partial charge in [-0.2, -0.15) is 0 Å². The number of benzene rings is 2. The SMILES string of the molecule is C[C@H]1[C@H]([Si](C)(C)O)[C@@H](CCO)O[C@]12C(=O)N(Cc1cccc(N3CCC3=O)c1)c1ccccc12. The number of anilines is 2. The van der Waals surface area contributed by atoms with Crippen molar-refractivity contribution in [3.8, 4) is 0 Å². The van der Waals surface area contributed by atoms with Crippen LogP contribution in [-0.4, -0.2) is 49.3 Å². The summed E-state index contributed by atoms with van der Waals surface area (Å²) in [6.45, 7) is 6.78. The van der Waals surface area contributed by atoms with Crippen LogP contribution in [0, 0.1) is 5.92 Å². The van der Waals surface area contributed by atoms with Gasteiger partial charge in [-0.1, -0.05) is 37.3 Å². The van der Waals surface area contributed by atoms with E-state index in [-0.39, 0.29) is 36.0 Å². The molecule has 5 rings (SSSR count). The molecular weight excluding hydrogens is 448 g/mol. The van der Waals surface area contributed by atoms with Crippen LogP contribution in [0.3, 0.4) is 0 Å². The maximum Gasteiger partial charge on any atom is 0.264 e. The minimum atomic E-state index is -2.70. The van der Waals surface area contributed by atoms with E-state index >= 15 is 0 Å². The highest BCUT2D eigenvalue weighted by atomic mass is 28.4. The first-order valence-electron chi connectivity index (χ1n) is 12.0. The van der Waals surface area contributed by atoms with Gasteiger partial charge in [0, 0.05) is 42.3 Å². The molecule has 0 unspecified atom stereocenters. The van der Waals surface area contributed by atoms with Crippen LogP contribution in [-0.2, 0) is 26.5 Å². The second-order valence-corrected chi connectivity index (χ2v) is 14.2. The lowest BCUT2D eigenvalue weighted by Gasteiger charge is -2.32. The third-order valence-electron chi connectivity index (χ3n) is 7.72. The zero-order chi connectivity index (χ0) is 24.3. The fourth-order valence-corrected chi connectivity index (χ4v) is 8.78. The number of hydrogen-bond donors (Lipinski definition) is 2. The van der Waals surface area contributed by atoms with Gasteiger partial charge in [-0.3, -0.25) is 9.59 Å². The van der Waals surface area contributed by atoms with Crippen LogP contribution in [0.15, 0.2) is 48.5 Å². The van der Waals surface area contributed by atoms with Gasteiger partial charge >= 0.3 is 0 Å². The Labute approximate surface area is 201 Å². The summed E-state index contributed by atoms with van der Waals surface area (Å²) in [6.07, 6.45) is 0.569. The molecule has 1 spiro atoms. The van der Waals surface area contributed by atoms with Crippen molar-refractivity contribution in [2.75, 3.05) is 23.0 Å². The first kappa shape index (κ1) is 23.2. The Morgan fingerprint density at radius 3 is 2.56 bits per heavy atom. The number of para-hydroxylation sites is 1. The van der Waals surface area contributed by atoms with Crippen molar-refractivity contribution in [1.29, 1.82) is 0 Å². The van der Waals surface area contributed by atoms with Crippen molar-refractivity contribution in [3.05, 3.63) is 59.7 Å². The highest BCUT2D eigenvalue weighted by Crippen LogP contribution is 2.59. The molecule has 4 atom stereocenters. The summed E-state index contributed by atoms with van der Waals surface area (Å²) in [7, 11) is -2.70. The maximum atomic E-state index is 14.2. The highest BCUT2D eigenvalue weighted by Gasteiger charge is 2.65. The Bertz CT molecular complexity index is 1130. The molecule has 2 amide bonds. The van der Waals surface area contributed by atoms with Crippen LogP contribution >= 0.6 is 0 Å². The molecule has 7 nitrogen and oxygen atoms in total. The molecule has 2 fully saturated rings. The van der Waals surface area contributed by atoms with Gasteiger partial charge in [-0.25, -0.2) is 0 Å². The number of aliphatic hydroxyl groups excluding tert-OH is 1. The van der Waals surface area contributed by atoms with Crippen LogP contribution in [0.4, 0.5) is 11.4 Å². The van der Waals surface area contributed by atoms with E-state index < -0.39 is 13.9 Å². The summed E-state index contributed by atoms with van der Waals surface area (Å²) in [5, 5.41) is 9.68. The summed E-state index contributed by atoms with van der Waals surface area (Å²) >= 11 is 0. The summed E-state index contributed by atoms with van der Waals surface area (Å²) in [5.74, 6) is -0.252. The number of fused-ring (bicyclic) bond motifs is 2. The number of carbonyl (C=O) groups excluding carboxylic acids is 2. The molecule has 0 saturated carbocycles. The average Bonchev–Trinajstić information content (AvgIpc) is 3.21. The number of ether oxygens (including phenoxy) is 1. The van der Waals surface area contributed by atoms with Gasteiger partial charge < -0.3 is 24.4 Å². The van der Waals surface area contributed by atoms with E-state index in [0.717, 1.165) is 29.0 Å². The molecule has 0 aliphatic carbocycles. The minimum Gasteiger partial charge on any atom is -0.432 e. The summed E-state index contributed by atoms with van der Waals surface area (Å²) in [4.78, 5) is 40.7. The molecule has 0 bridgehead atoms. The topological polar surface area (TPSA) is 90.3 Å². The Morgan fingerprint density at radius 2 is 1.91 bits per heavy atom. The number of amides is 2. The van der Waals surface area contributed by atoms with Gasteiger partial charge in [0.05, 0.1) is 18.3 Å². The molecule has 0 radical (unpaired) electrons. The quantitative estimate of drug-likeness (QED) is 0.490. The van der Waals surface area contributed by atoms with Crippen molar-refractivity contribution >= 4 is 31.5 Å². The monoisotopic (exact) mass is 480 g/mol. The van der Waals surface area contributed by atoms with Gasteiger partial charge in [0.25, 0.3) is 5.91 Å². The lowest BCUT2D eigenvalue weighted by atomic mass is 9.82. The van der Waals surface area contributed by atoms with E-state index in [4.69, 9.17) is 4.74 Å². The average molecular weight is 481 g/mol. The normalized spacial score (nSPS) is 28.6. The van der Waals surface area contributed by atoms with Crippen molar-refractivity contribution < 1.29 is 24.2 Å². The van der Waals surface area contributed by atoms with Crippen molar-refractivity contribution in [2.24, 2.45) is 5.92 Å². The van der Waals surface area contributed by atoms with Crippen molar-refractivity contribution in [3.63, 3.8) is 0 Å². The van der Waals surface area contributed by atoms with Gasteiger partial charge in [-0.15, -0.1) is 0 Å². The first-order valence-corrected chi connectivity index (χ1v) is 15.0. The number of nitrogens with zero attached hydrogens (tertiary/aromatic N) is 2. The number of carbonyl (C=O) groups is 2. The predicted octanol–water partition coefficient (Wildman–Crippen LogP) is 3.15. The summed E-state index contributed by atoms with van der Waals surface area (Å²) in [6, 6.07) is 15.5. The van der Waals surface area contributed by atoms with Crippen molar-refractivity contribution in [2.45, 2.75) is 56.7 Å². The standard InChI is InChI=1S/C26H32N2O5Si/c1-17-24(34(2,3)32)22(12-14-29)33-26(17)20-9-4-5-10-21(20)28(25(26)31)16-18-7-6-8-19(15-18)27-13-11-23(27)30/h4-10,15,17,22,24,29,32H,11-14,16H2,1-3H3/t17-,22+,24-,26+/m0/s1. The van der Waals surface area contributed by atoms with E-state index in [1.165, 1.54) is 0 Å². The maximum absolute atomic E-state index is 14.2. The minimum absolute atomic E-state index is 0.0595. The molecule has 0 aromatic heterocycles. The number of hydrogen-bond acceptors (Lipinski definition) is 5. The van der Waals surface area contributed by atoms with Crippen LogP contribution in [0.1, 0.15) is 30.9 Å². The molecule has 2 aromatic carbocycles. The third kappa shape index (κ3) is 3.43. The van der Waals surface area contributed by atoms with Crippen LogP contribution in [0.25, 0.3) is 0 Å². The van der Waals surface area contributed by atoms with E-state index in [9.17, 15) is 19.5 Å². The number of β-lactam (4-membered cyclic amide) rings is 1. The number of rotatable bonds is 6. The Morgan fingerprint density at radius 1 is 1.15 bits per heavy atom. The highest BCUT2D eigenvalue weighted by molar-refractivity contribution is 6.71. The molecular formula is C26H32N2O5Si. The second-order valence-electron chi connectivity index (χ2n) is 10.2. The third-order valence-corrected chi connectivity index (χ3v) is 10.2. The van der Waals surface area contributed by atoms with Crippen molar-refractivity contribution in [1.82, 2.24) is 0 Å². The van der Waals surface area contributed by atoms with Crippen LogP contribution < -0.4 is 9.80 Å². The molecule has 8 heteroatoms. The lowest BCUT2D eigenvalue weighted by Crippen LogP contribution is -2.46. The smallest absolute Gasteiger partial charge is 0.264 e. The van der Waals surface area contributed by atoms with E-state index in [1.54, 1.807) is 9.80 Å². The number of aliphatic hydroxyl groups is 1. The van der Waals surface area contributed by atoms with Gasteiger partial charge in [0.2, 0.25) is 5.91 Å². The van der Waals surface area contributed by atoms with Crippen LogP contribution in [0.5, 0.6) is 0 Å². The Balaban J connectivity index is 1.53. The fourth-order valence-electron chi connectivity index (χ4n) is 6.18. The lowest BCUT2D eigenvalue weighted by molar-refractivity contribution is -0.146. The fraction of sp³-hybridized carbons (Fsp3) is 0.462. The largest absolute Gasteiger partial charge is 0.432 e. The molecule has 2 aromatic rings. The van der Waals surface area contributed by atoms with Gasteiger partial charge in [-0.05, 0) is 43.3 Å². The molecule has 3 aliphatic heterocycles. The first-order chi connectivity index (χ1) is 16.2. The molecule has 180 valence electrons. The summed E-state index contributed by atoms with van der Waals surface area (Å²) in [5.41, 5.74) is 2.06. The van der Waals surface area contributed by atoms with Crippen LogP contribution in [0.2, 0.25) is 18.6 Å². The zero-order valence-electron chi connectivity index (χ0n) is 19.9.